The van der Waals surface area contributed by atoms with Crippen molar-refractivity contribution in [3.63, 3.8) is 0 Å². The number of hydrogen-bond acceptors (Lipinski definition) is 3. The molecule has 2 atom stereocenters. The van der Waals surface area contributed by atoms with Crippen molar-refractivity contribution in [3.05, 3.63) is 27.8 Å². The van der Waals surface area contributed by atoms with Crippen molar-refractivity contribution in [2.75, 3.05) is 23.0 Å². The molecule has 0 saturated carbocycles. The van der Waals surface area contributed by atoms with Gasteiger partial charge in [0, 0.05) is 35.0 Å². The molecule has 0 saturated heterocycles. The van der Waals surface area contributed by atoms with E-state index in [-0.39, 0.29) is 12.1 Å². The number of rotatable bonds is 8. The average Bonchev–Trinajstić information content (AvgIpc) is 2.72. The summed E-state index contributed by atoms with van der Waals surface area (Å²) in [5, 5.41) is 0. The van der Waals surface area contributed by atoms with Crippen LogP contribution in [-0.2, 0) is 18.0 Å². The maximum atomic E-state index is 12.9. The van der Waals surface area contributed by atoms with Crippen LogP contribution in [0.2, 0.25) is 0 Å². The zero-order valence-corrected chi connectivity index (χ0v) is 30.8. The lowest BCUT2D eigenvalue weighted by Gasteiger charge is -2.46. The first-order valence-electron chi connectivity index (χ1n) is 8.74. The minimum Gasteiger partial charge on any atom is -0.439 e. The molecule has 1 amide bonds. The Balaban J connectivity index is 2.86. The molecule has 1 aliphatic rings. The Morgan fingerprint density at radius 3 is 2.10 bits per heavy atom. The lowest BCUT2D eigenvalue weighted by molar-refractivity contribution is 0.109. The average molecular weight is 1190 g/mol. The Kier molecular flexibility index (Phi) is 13.9. The van der Waals surface area contributed by atoms with E-state index < -0.39 is 0 Å². The van der Waals surface area contributed by atoms with E-state index in [0.717, 1.165) is 28.7 Å². The summed E-state index contributed by atoms with van der Waals surface area (Å²) in [5.74, 6) is 0. The molecule has 2 rings (SSSR count). The van der Waals surface area contributed by atoms with Crippen LogP contribution in [0, 0.1) is 6.92 Å². The topological polar surface area (TPSA) is 32.8 Å². The SMILES string of the molecule is Cc1c(CI)c(CI)c2c(c1CI)N(CI)C(CI)CC2N(CI)C(=O)OCI. The Morgan fingerprint density at radius 1 is 1.03 bits per heavy atom. The summed E-state index contributed by atoms with van der Waals surface area (Å²) in [5.41, 5.74) is 8.48. The highest BCUT2D eigenvalue weighted by Crippen LogP contribution is 2.49. The van der Waals surface area contributed by atoms with Crippen LogP contribution in [0.4, 0.5) is 10.5 Å². The fourth-order valence-corrected chi connectivity index (χ4v) is 9.49. The van der Waals surface area contributed by atoms with Crippen molar-refractivity contribution in [1.82, 2.24) is 4.90 Å². The van der Waals surface area contributed by atoms with Gasteiger partial charge in [-0.1, -0.05) is 136 Å². The lowest BCUT2D eigenvalue weighted by atomic mass is 9.82. The maximum absolute atomic E-state index is 12.9. The van der Waals surface area contributed by atoms with E-state index in [1.165, 1.54) is 33.5 Å². The Bertz CT molecular complexity index is 735. The monoisotopic (exact) mass is 1190 g/mol. The number of carbonyl (C=O) groups is 1. The summed E-state index contributed by atoms with van der Waals surface area (Å²) in [7, 11) is 0. The minimum atomic E-state index is -0.202. The molecule has 1 heterocycles. The van der Waals surface area contributed by atoms with Gasteiger partial charge in [-0.15, -0.1) is 0 Å². The number of carbonyl (C=O) groups excluding carboxylic acids is 1. The fraction of sp³-hybridized carbons (Fsp3) is 0.611. The number of halogens is 7. The Labute approximate surface area is 268 Å². The molecule has 0 spiro atoms. The first-order valence-corrected chi connectivity index (χ1v) is 19.4. The number of nitrogens with zero attached hydrogens (tertiary/aromatic N) is 2. The Morgan fingerprint density at radius 2 is 1.66 bits per heavy atom. The van der Waals surface area contributed by atoms with Crippen LogP contribution < -0.4 is 4.90 Å². The van der Waals surface area contributed by atoms with Crippen LogP contribution >= 0.6 is 158 Å². The molecule has 0 aromatic heterocycles. The summed E-state index contributed by atoms with van der Waals surface area (Å²) in [4.78, 5) is 17.4. The van der Waals surface area contributed by atoms with Crippen molar-refractivity contribution in [1.29, 1.82) is 0 Å². The van der Waals surface area contributed by atoms with Crippen LogP contribution in [0.25, 0.3) is 0 Å². The van der Waals surface area contributed by atoms with Gasteiger partial charge in [0.25, 0.3) is 0 Å². The second-order valence-electron chi connectivity index (χ2n) is 6.48. The number of amides is 1. The highest BCUT2D eigenvalue weighted by Gasteiger charge is 2.40. The summed E-state index contributed by atoms with van der Waals surface area (Å²) in [6.45, 7) is 2.28. The standard InChI is InChI=1S/C18H21I7N2O2/c1-10-12(4-20)14(6-22)16-15(27(8-24)18(28)29-9-25)2-11(3-19)26(7-23)17(16)13(10)5-21/h11,15H,2-9H2,1H3. The normalized spacial score (nSPS) is 18.6. The molecule has 4 nitrogen and oxygen atoms in total. The van der Waals surface area contributed by atoms with E-state index in [1.54, 1.807) is 0 Å². The molecule has 29 heavy (non-hydrogen) atoms. The van der Waals surface area contributed by atoms with Gasteiger partial charge in [0.15, 0.2) is 0 Å². The largest absolute Gasteiger partial charge is 0.439 e. The molecule has 0 aliphatic carbocycles. The van der Waals surface area contributed by atoms with Crippen molar-refractivity contribution in [2.45, 2.75) is 38.7 Å². The van der Waals surface area contributed by atoms with E-state index in [2.05, 4.69) is 170 Å². The molecule has 0 bridgehead atoms. The minimum absolute atomic E-state index is 0.0603. The third kappa shape index (κ3) is 6.16. The quantitative estimate of drug-likeness (QED) is 0.149. The van der Waals surface area contributed by atoms with Gasteiger partial charge < -0.3 is 9.64 Å². The number of fused-ring (bicyclic) bond motifs is 1. The third-order valence-corrected chi connectivity index (χ3v) is 10.4. The summed E-state index contributed by atoms with van der Waals surface area (Å²) in [6.07, 6.45) is 0.749. The molecule has 1 aliphatic heterocycles. The maximum Gasteiger partial charge on any atom is 0.411 e. The summed E-state index contributed by atoms with van der Waals surface area (Å²) in [6, 6.07) is 0.474. The molecule has 164 valence electrons. The van der Waals surface area contributed by atoms with Crippen molar-refractivity contribution >= 4 is 170 Å². The number of hydrogen-bond donors (Lipinski definition) is 0. The predicted octanol–water partition coefficient (Wildman–Crippen LogP) is 8.47. The van der Waals surface area contributed by atoms with Gasteiger partial charge in [-0.25, -0.2) is 4.79 Å². The zero-order chi connectivity index (χ0) is 21.7. The van der Waals surface area contributed by atoms with E-state index in [9.17, 15) is 4.79 Å². The van der Waals surface area contributed by atoms with Crippen LogP contribution in [-0.4, -0.2) is 35.2 Å². The van der Waals surface area contributed by atoms with Crippen molar-refractivity contribution in [3.8, 4) is 0 Å². The van der Waals surface area contributed by atoms with E-state index in [4.69, 9.17) is 4.74 Å². The molecule has 0 fully saturated rings. The zero-order valence-electron chi connectivity index (χ0n) is 15.7. The molecular formula is C18H21I7N2O2. The second-order valence-corrected chi connectivity index (χ2v) is 11.6. The van der Waals surface area contributed by atoms with Crippen LogP contribution in [0.3, 0.4) is 0 Å². The number of alkyl halides is 7. The van der Waals surface area contributed by atoms with Gasteiger partial charge in [0.1, 0.15) is 4.61 Å². The Hall–Kier alpha value is 3.40. The van der Waals surface area contributed by atoms with Gasteiger partial charge in [0.2, 0.25) is 0 Å². The van der Waals surface area contributed by atoms with E-state index >= 15 is 0 Å². The van der Waals surface area contributed by atoms with Crippen molar-refractivity contribution in [2.24, 2.45) is 0 Å². The fourth-order valence-electron chi connectivity index (χ4n) is 3.90. The molecule has 0 radical (unpaired) electrons. The predicted molar refractivity (Wildman–Crippen MR) is 182 cm³/mol. The third-order valence-electron chi connectivity index (χ3n) is 5.32. The second kappa shape index (κ2) is 14.1. The summed E-state index contributed by atoms with van der Waals surface area (Å²) >= 11 is 16.9. The first-order chi connectivity index (χ1) is 13.9. The molecule has 11 heteroatoms. The smallest absolute Gasteiger partial charge is 0.411 e. The van der Waals surface area contributed by atoms with Crippen molar-refractivity contribution < 1.29 is 9.53 Å². The molecular weight excluding hydrogens is 1160 g/mol. The number of anilines is 1. The van der Waals surface area contributed by atoms with Gasteiger partial charge >= 0.3 is 6.09 Å². The highest BCUT2D eigenvalue weighted by molar-refractivity contribution is 14.1. The first kappa shape index (κ1) is 28.6. The summed E-state index contributed by atoms with van der Waals surface area (Å²) < 4.78 is 11.4. The van der Waals surface area contributed by atoms with Crippen LogP contribution in [0.1, 0.15) is 40.3 Å². The van der Waals surface area contributed by atoms with Gasteiger partial charge in [-0.2, -0.15) is 0 Å². The van der Waals surface area contributed by atoms with Crippen LogP contribution in [0.15, 0.2) is 0 Å². The van der Waals surface area contributed by atoms with Gasteiger partial charge in [0.05, 0.1) is 15.1 Å². The van der Waals surface area contributed by atoms with Gasteiger partial charge in [-0.05, 0) is 58.2 Å². The number of benzene rings is 1. The van der Waals surface area contributed by atoms with Gasteiger partial charge in [-0.3, -0.25) is 4.90 Å². The van der Waals surface area contributed by atoms with E-state index in [0.29, 0.717) is 15.2 Å². The van der Waals surface area contributed by atoms with E-state index in [1.807, 2.05) is 4.90 Å². The van der Waals surface area contributed by atoms with Crippen LogP contribution in [0.5, 0.6) is 0 Å². The molecule has 1 aromatic carbocycles. The number of ether oxygens (including phenoxy) is 1. The molecule has 0 N–H and O–H groups in total. The highest BCUT2D eigenvalue weighted by atomic mass is 127. The molecule has 1 aromatic rings. The molecule has 2 unspecified atom stereocenters. The lowest BCUT2D eigenvalue weighted by Crippen LogP contribution is -2.47.